The summed E-state index contributed by atoms with van der Waals surface area (Å²) in [6.45, 7) is 9.26. The number of hydrogen-bond acceptors (Lipinski definition) is 4. The van der Waals surface area contributed by atoms with Gasteiger partial charge in [0.1, 0.15) is 5.75 Å². The van der Waals surface area contributed by atoms with E-state index in [0.717, 1.165) is 24.3 Å². The second kappa shape index (κ2) is 11.0. The number of nitrogens with zero attached hydrogens (tertiary/aromatic N) is 2. The SMILES string of the molecule is CC(C)(C)c1ccc(C(=O)N2CCN(c3ccc(NC(=O)COc4ccc(Cl)cc4)cc3)CC2)cc1. The number of piperazine rings is 1. The summed E-state index contributed by atoms with van der Waals surface area (Å²) in [5, 5.41) is 3.46. The highest BCUT2D eigenvalue weighted by molar-refractivity contribution is 6.30. The molecule has 1 saturated heterocycles. The topological polar surface area (TPSA) is 61.9 Å². The maximum Gasteiger partial charge on any atom is 0.262 e. The van der Waals surface area contributed by atoms with Gasteiger partial charge in [0.25, 0.3) is 11.8 Å². The van der Waals surface area contributed by atoms with Crippen LogP contribution < -0.4 is 15.0 Å². The van der Waals surface area contributed by atoms with E-state index < -0.39 is 0 Å². The summed E-state index contributed by atoms with van der Waals surface area (Å²) in [6.07, 6.45) is 0. The van der Waals surface area contributed by atoms with Crippen molar-refractivity contribution in [2.75, 3.05) is 43.0 Å². The monoisotopic (exact) mass is 505 g/mol. The second-order valence-corrected chi connectivity index (χ2v) is 10.4. The van der Waals surface area contributed by atoms with Gasteiger partial charge in [-0.1, -0.05) is 44.5 Å². The van der Waals surface area contributed by atoms with E-state index in [1.807, 2.05) is 53.4 Å². The van der Waals surface area contributed by atoms with Crippen LogP contribution in [0.2, 0.25) is 5.02 Å². The average molecular weight is 506 g/mol. The highest BCUT2D eigenvalue weighted by Crippen LogP contribution is 2.24. The van der Waals surface area contributed by atoms with Gasteiger partial charge in [0, 0.05) is 48.1 Å². The number of carbonyl (C=O) groups excluding carboxylic acids is 2. The van der Waals surface area contributed by atoms with Gasteiger partial charge in [-0.05, 0) is 71.6 Å². The highest BCUT2D eigenvalue weighted by atomic mass is 35.5. The van der Waals surface area contributed by atoms with Gasteiger partial charge in [0.2, 0.25) is 0 Å². The summed E-state index contributed by atoms with van der Waals surface area (Å²) in [4.78, 5) is 29.3. The van der Waals surface area contributed by atoms with E-state index in [1.54, 1.807) is 24.3 Å². The molecule has 3 aromatic carbocycles. The Morgan fingerprint density at radius 1 is 0.861 bits per heavy atom. The normalized spacial score (nSPS) is 13.9. The summed E-state index contributed by atoms with van der Waals surface area (Å²) < 4.78 is 5.48. The Bertz CT molecular complexity index is 1180. The average Bonchev–Trinajstić information content (AvgIpc) is 2.88. The fraction of sp³-hybridized carbons (Fsp3) is 0.310. The van der Waals surface area contributed by atoms with Crippen molar-refractivity contribution >= 4 is 34.8 Å². The molecule has 1 heterocycles. The van der Waals surface area contributed by atoms with E-state index in [1.165, 1.54) is 5.56 Å². The zero-order chi connectivity index (χ0) is 25.7. The zero-order valence-corrected chi connectivity index (χ0v) is 21.7. The Labute approximate surface area is 217 Å². The minimum Gasteiger partial charge on any atom is -0.484 e. The smallest absolute Gasteiger partial charge is 0.262 e. The molecule has 4 rings (SSSR count). The maximum absolute atomic E-state index is 13.0. The molecule has 3 aromatic rings. The van der Waals surface area contributed by atoms with Crippen LogP contribution in [0.1, 0.15) is 36.7 Å². The molecule has 0 atom stereocenters. The molecule has 188 valence electrons. The van der Waals surface area contributed by atoms with E-state index in [-0.39, 0.29) is 23.8 Å². The molecule has 0 radical (unpaired) electrons. The minimum atomic E-state index is -0.236. The van der Waals surface area contributed by atoms with Crippen LogP contribution in [-0.2, 0) is 10.2 Å². The molecule has 1 aliphatic heterocycles. The standard InChI is InChI=1S/C29H32ClN3O3/c1-29(2,3)22-6-4-21(5-7-22)28(35)33-18-16-32(17-19-33)25-12-10-24(11-13-25)31-27(34)20-36-26-14-8-23(30)9-15-26/h4-15H,16-20H2,1-3H3,(H,31,34). The number of nitrogens with one attached hydrogen (secondary N) is 1. The Morgan fingerprint density at radius 3 is 2.06 bits per heavy atom. The van der Waals surface area contributed by atoms with Gasteiger partial charge in [-0.2, -0.15) is 0 Å². The van der Waals surface area contributed by atoms with Crippen LogP contribution in [0.5, 0.6) is 5.75 Å². The number of hydrogen-bond donors (Lipinski definition) is 1. The molecule has 36 heavy (non-hydrogen) atoms. The molecule has 2 amide bonds. The van der Waals surface area contributed by atoms with Gasteiger partial charge >= 0.3 is 0 Å². The largest absolute Gasteiger partial charge is 0.484 e. The molecule has 6 nitrogen and oxygen atoms in total. The third-order valence-corrected chi connectivity index (χ3v) is 6.52. The van der Waals surface area contributed by atoms with E-state index in [4.69, 9.17) is 16.3 Å². The lowest BCUT2D eigenvalue weighted by Gasteiger charge is -2.36. The van der Waals surface area contributed by atoms with Gasteiger partial charge in [-0.3, -0.25) is 9.59 Å². The number of halogens is 1. The zero-order valence-electron chi connectivity index (χ0n) is 21.0. The number of ether oxygens (including phenoxy) is 1. The van der Waals surface area contributed by atoms with E-state index in [0.29, 0.717) is 29.5 Å². The van der Waals surface area contributed by atoms with E-state index >= 15 is 0 Å². The van der Waals surface area contributed by atoms with Crippen molar-refractivity contribution in [2.45, 2.75) is 26.2 Å². The maximum atomic E-state index is 13.0. The Morgan fingerprint density at radius 2 is 1.47 bits per heavy atom. The van der Waals surface area contributed by atoms with Gasteiger partial charge < -0.3 is 19.9 Å². The molecule has 7 heteroatoms. The van der Waals surface area contributed by atoms with Gasteiger partial charge in [-0.15, -0.1) is 0 Å². The summed E-state index contributed by atoms with van der Waals surface area (Å²) in [6, 6.07) is 22.6. The predicted molar refractivity (Wildman–Crippen MR) is 145 cm³/mol. The van der Waals surface area contributed by atoms with Crippen LogP contribution in [0.25, 0.3) is 0 Å². The van der Waals surface area contributed by atoms with Crippen LogP contribution in [-0.4, -0.2) is 49.5 Å². The molecular formula is C29H32ClN3O3. The van der Waals surface area contributed by atoms with Crippen LogP contribution in [0.3, 0.4) is 0 Å². The molecule has 0 aliphatic carbocycles. The Hall–Kier alpha value is -3.51. The number of benzene rings is 3. The van der Waals surface area contributed by atoms with E-state index in [2.05, 4.69) is 31.0 Å². The van der Waals surface area contributed by atoms with Gasteiger partial charge in [0.15, 0.2) is 6.61 Å². The fourth-order valence-electron chi connectivity index (χ4n) is 4.10. The van der Waals surface area contributed by atoms with Gasteiger partial charge in [0.05, 0.1) is 0 Å². The first-order valence-corrected chi connectivity index (χ1v) is 12.5. The number of amides is 2. The minimum absolute atomic E-state index is 0.0662. The predicted octanol–water partition coefficient (Wildman–Crippen LogP) is 5.62. The molecule has 0 saturated carbocycles. The summed E-state index contributed by atoms with van der Waals surface area (Å²) in [7, 11) is 0. The van der Waals surface area contributed by atoms with Crippen LogP contribution in [0, 0.1) is 0 Å². The van der Waals surface area contributed by atoms with Crippen molar-refractivity contribution in [3.63, 3.8) is 0 Å². The third-order valence-electron chi connectivity index (χ3n) is 6.26. The molecule has 1 N–H and O–H groups in total. The van der Waals surface area contributed by atoms with Crippen LogP contribution in [0.4, 0.5) is 11.4 Å². The fourth-order valence-corrected chi connectivity index (χ4v) is 4.22. The van der Waals surface area contributed by atoms with Crippen molar-refractivity contribution in [3.05, 3.63) is 88.9 Å². The van der Waals surface area contributed by atoms with Crippen molar-refractivity contribution in [2.24, 2.45) is 0 Å². The van der Waals surface area contributed by atoms with Crippen LogP contribution in [0.15, 0.2) is 72.8 Å². The van der Waals surface area contributed by atoms with Crippen LogP contribution >= 0.6 is 11.6 Å². The van der Waals surface area contributed by atoms with Crippen molar-refractivity contribution in [3.8, 4) is 5.75 Å². The molecule has 0 unspecified atom stereocenters. The Kier molecular flexibility index (Phi) is 7.85. The Balaban J connectivity index is 1.25. The molecule has 0 aromatic heterocycles. The lowest BCUT2D eigenvalue weighted by Crippen LogP contribution is -2.48. The summed E-state index contributed by atoms with van der Waals surface area (Å²) >= 11 is 5.86. The van der Waals surface area contributed by atoms with Gasteiger partial charge in [-0.25, -0.2) is 0 Å². The van der Waals surface area contributed by atoms with Crippen molar-refractivity contribution in [1.82, 2.24) is 4.90 Å². The van der Waals surface area contributed by atoms with E-state index in [9.17, 15) is 9.59 Å². The molecule has 1 aliphatic rings. The van der Waals surface area contributed by atoms with Crippen molar-refractivity contribution in [1.29, 1.82) is 0 Å². The molecular weight excluding hydrogens is 474 g/mol. The number of anilines is 2. The second-order valence-electron chi connectivity index (χ2n) is 9.94. The summed E-state index contributed by atoms with van der Waals surface area (Å²) in [5.41, 5.74) is 3.79. The van der Waals surface area contributed by atoms with Crippen molar-refractivity contribution < 1.29 is 14.3 Å². The first-order valence-electron chi connectivity index (χ1n) is 12.1. The number of carbonyl (C=O) groups is 2. The molecule has 1 fully saturated rings. The quantitative estimate of drug-likeness (QED) is 0.472. The lowest BCUT2D eigenvalue weighted by molar-refractivity contribution is -0.118. The molecule has 0 spiro atoms. The highest BCUT2D eigenvalue weighted by Gasteiger charge is 2.23. The first-order chi connectivity index (χ1) is 17.2. The molecule has 0 bridgehead atoms. The number of rotatable bonds is 6. The lowest BCUT2D eigenvalue weighted by atomic mass is 9.86. The summed E-state index contributed by atoms with van der Waals surface area (Å²) in [5.74, 6) is 0.429. The third kappa shape index (κ3) is 6.58. The first kappa shape index (κ1) is 25.6.